The molecule has 2 aliphatic rings. The zero-order chi connectivity index (χ0) is 22.6. The first kappa shape index (κ1) is 26.9. The Morgan fingerprint density at radius 3 is 1.58 bits per heavy atom. The van der Waals surface area contributed by atoms with Crippen molar-refractivity contribution >= 4 is 0 Å². The highest BCUT2D eigenvalue weighted by Crippen LogP contribution is 2.22. The molecule has 8 unspecified atom stereocenters. The molecule has 0 amide bonds. The Bertz CT molecular complexity index is 426. The third kappa shape index (κ3) is 9.19. The van der Waals surface area contributed by atoms with E-state index in [4.69, 9.17) is 18.9 Å². The Morgan fingerprint density at radius 2 is 1.16 bits per heavy atom. The summed E-state index contributed by atoms with van der Waals surface area (Å²) in [5.41, 5.74) is 0. The number of rotatable bonds is 16. The summed E-state index contributed by atoms with van der Waals surface area (Å²) in [6, 6.07) is 0. The maximum Gasteiger partial charge on any atom is 0.114 e. The highest BCUT2D eigenvalue weighted by Gasteiger charge is 2.39. The summed E-state index contributed by atoms with van der Waals surface area (Å²) in [6.45, 7) is 3.85. The highest BCUT2D eigenvalue weighted by atomic mass is 16.6. The van der Waals surface area contributed by atoms with Gasteiger partial charge in [-0.05, 0) is 12.8 Å². The zero-order valence-corrected chi connectivity index (χ0v) is 18.7. The Labute approximate surface area is 185 Å². The van der Waals surface area contributed by atoms with Crippen LogP contribution in [0.1, 0.15) is 51.9 Å². The molecule has 5 N–H and O–H groups in total. The Hall–Kier alpha value is -0.360. The molecule has 0 aromatic carbocycles. The summed E-state index contributed by atoms with van der Waals surface area (Å²) >= 11 is 0. The molecular formula is C22H42O9. The molecular weight excluding hydrogens is 408 g/mol. The van der Waals surface area contributed by atoms with Crippen LogP contribution in [0.2, 0.25) is 0 Å². The zero-order valence-electron chi connectivity index (χ0n) is 18.7. The molecule has 0 bridgehead atoms. The number of ether oxygens (including phenoxy) is 4. The van der Waals surface area contributed by atoms with Crippen LogP contribution in [0, 0.1) is 5.92 Å². The third-order valence-electron chi connectivity index (χ3n) is 6.07. The Kier molecular flexibility index (Phi) is 12.8. The molecule has 2 saturated heterocycles. The monoisotopic (exact) mass is 450 g/mol. The number of unbranched alkanes of at least 4 members (excludes halogenated alkanes) is 6. The van der Waals surface area contributed by atoms with Gasteiger partial charge in [-0.1, -0.05) is 39.0 Å². The van der Waals surface area contributed by atoms with Gasteiger partial charge in [0.2, 0.25) is 0 Å². The van der Waals surface area contributed by atoms with Crippen LogP contribution >= 0.6 is 0 Å². The maximum atomic E-state index is 10.0. The first-order chi connectivity index (χ1) is 14.9. The standard InChI is InChI=1S/C22H42O9/c1-15-11-30-21(19(15)26)17(24)12-28-9-7-5-3-2-4-6-8-10-29-13-18(25)22-20(27)16(23)14-31-22/h15-27H,2-14H2,1H3. The fourth-order valence-corrected chi connectivity index (χ4v) is 3.98. The second-order valence-corrected chi connectivity index (χ2v) is 8.88. The molecule has 2 rings (SSSR count). The fourth-order valence-electron chi connectivity index (χ4n) is 3.98. The Morgan fingerprint density at radius 1 is 0.710 bits per heavy atom. The second-order valence-electron chi connectivity index (χ2n) is 8.88. The average molecular weight is 451 g/mol. The lowest BCUT2D eigenvalue weighted by Crippen LogP contribution is -2.40. The first-order valence-electron chi connectivity index (χ1n) is 11.7. The number of aliphatic hydroxyl groups excluding tert-OH is 5. The molecule has 0 saturated carbocycles. The third-order valence-corrected chi connectivity index (χ3v) is 6.07. The smallest absolute Gasteiger partial charge is 0.114 e. The van der Waals surface area contributed by atoms with Crippen molar-refractivity contribution in [2.45, 2.75) is 94.6 Å². The number of aliphatic hydroxyl groups is 5. The van der Waals surface area contributed by atoms with Crippen molar-refractivity contribution in [1.82, 2.24) is 0 Å². The van der Waals surface area contributed by atoms with Gasteiger partial charge in [0.25, 0.3) is 0 Å². The van der Waals surface area contributed by atoms with Gasteiger partial charge in [0.05, 0.1) is 32.5 Å². The van der Waals surface area contributed by atoms with Gasteiger partial charge in [0.1, 0.15) is 36.6 Å². The van der Waals surface area contributed by atoms with Crippen LogP contribution in [-0.2, 0) is 18.9 Å². The molecule has 0 aliphatic carbocycles. The normalized spacial score (nSPS) is 33.1. The molecule has 9 heteroatoms. The summed E-state index contributed by atoms with van der Waals surface area (Å²) in [7, 11) is 0. The summed E-state index contributed by atoms with van der Waals surface area (Å²) in [5, 5.41) is 49.0. The lowest BCUT2D eigenvalue weighted by Gasteiger charge is -2.21. The minimum atomic E-state index is -1.06. The summed E-state index contributed by atoms with van der Waals surface area (Å²) in [6.07, 6.45) is 1.71. The van der Waals surface area contributed by atoms with Gasteiger partial charge in [-0.15, -0.1) is 0 Å². The van der Waals surface area contributed by atoms with Gasteiger partial charge in [-0.3, -0.25) is 0 Å². The summed E-state index contributed by atoms with van der Waals surface area (Å²) in [5.74, 6) is 0.0494. The molecule has 2 heterocycles. The van der Waals surface area contributed by atoms with E-state index in [1.165, 1.54) is 0 Å². The SMILES string of the molecule is CC1COC(C(O)COCCCCCCCCCOCC(O)C2OCC(O)C2O)C1O. The van der Waals surface area contributed by atoms with Gasteiger partial charge in [0, 0.05) is 19.1 Å². The molecule has 31 heavy (non-hydrogen) atoms. The largest absolute Gasteiger partial charge is 0.390 e. The van der Waals surface area contributed by atoms with E-state index in [1.54, 1.807) is 0 Å². The van der Waals surface area contributed by atoms with Crippen molar-refractivity contribution in [2.75, 3.05) is 39.6 Å². The second kappa shape index (κ2) is 14.7. The van der Waals surface area contributed by atoms with Crippen molar-refractivity contribution in [3.8, 4) is 0 Å². The average Bonchev–Trinajstić information content (AvgIpc) is 3.26. The topological polar surface area (TPSA) is 138 Å². The van der Waals surface area contributed by atoms with E-state index < -0.39 is 42.7 Å². The lowest BCUT2D eigenvalue weighted by molar-refractivity contribution is -0.0813. The van der Waals surface area contributed by atoms with Gasteiger partial charge in [0.15, 0.2) is 0 Å². The molecule has 2 aliphatic heterocycles. The van der Waals surface area contributed by atoms with Crippen molar-refractivity contribution in [3.63, 3.8) is 0 Å². The molecule has 0 aromatic heterocycles. The molecule has 8 atom stereocenters. The van der Waals surface area contributed by atoms with E-state index >= 15 is 0 Å². The predicted molar refractivity (Wildman–Crippen MR) is 113 cm³/mol. The fraction of sp³-hybridized carbons (Fsp3) is 1.00. The van der Waals surface area contributed by atoms with Gasteiger partial charge >= 0.3 is 0 Å². The molecule has 0 radical (unpaired) electrons. The Balaban J connectivity index is 1.32. The first-order valence-corrected chi connectivity index (χ1v) is 11.7. The van der Waals surface area contributed by atoms with E-state index in [1.807, 2.05) is 6.92 Å². The van der Waals surface area contributed by atoms with Crippen LogP contribution in [0.5, 0.6) is 0 Å². The minimum absolute atomic E-state index is 0.0376. The van der Waals surface area contributed by atoms with E-state index in [9.17, 15) is 25.5 Å². The van der Waals surface area contributed by atoms with Crippen LogP contribution in [0.3, 0.4) is 0 Å². The molecule has 184 valence electrons. The maximum absolute atomic E-state index is 10.0. The van der Waals surface area contributed by atoms with Crippen LogP contribution in [0.15, 0.2) is 0 Å². The van der Waals surface area contributed by atoms with Crippen LogP contribution in [0.4, 0.5) is 0 Å². The molecule has 0 spiro atoms. The van der Waals surface area contributed by atoms with Crippen LogP contribution in [-0.4, -0.2) is 108 Å². The van der Waals surface area contributed by atoms with Crippen molar-refractivity contribution in [1.29, 1.82) is 0 Å². The van der Waals surface area contributed by atoms with Gasteiger partial charge in [-0.25, -0.2) is 0 Å². The van der Waals surface area contributed by atoms with Gasteiger partial charge < -0.3 is 44.5 Å². The van der Waals surface area contributed by atoms with Crippen molar-refractivity contribution in [2.24, 2.45) is 5.92 Å². The van der Waals surface area contributed by atoms with Crippen molar-refractivity contribution in [3.05, 3.63) is 0 Å². The van der Waals surface area contributed by atoms with E-state index in [-0.39, 0.29) is 25.7 Å². The molecule has 9 nitrogen and oxygen atoms in total. The van der Waals surface area contributed by atoms with E-state index in [2.05, 4.69) is 0 Å². The molecule has 0 aromatic rings. The highest BCUT2D eigenvalue weighted by molar-refractivity contribution is 4.88. The molecule has 2 fully saturated rings. The van der Waals surface area contributed by atoms with Crippen LogP contribution < -0.4 is 0 Å². The lowest BCUT2D eigenvalue weighted by atomic mass is 10.0. The van der Waals surface area contributed by atoms with E-state index in [0.29, 0.717) is 19.8 Å². The predicted octanol–water partition coefficient (Wildman–Crippen LogP) is -0.0115. The summed E-state index contributed by atoms with van der Waals surface area (Å²) in [4.78, 5) is 0. The summed E-state index contributed by atoms with van der Waals surface area (Å²) < 4.78 is 21.5. The van der Waals surface area contributed by atoms with Crippen molar-refractivity contribution < 1.29 is 44.5 Å². The van der Waals surface area contributed by atoms with Crippen LogP contribution in [0.25, 0.3) is 0 Å². The van der Waals surface area contributed by atoms with E-state index in [0.717, 1.165) is 44.9 Å². The number of hydrogen-bond donors (Lipinski definition) is 5. The quantitative estimate of drug-likeness (QED) is 0.206. The minimum Gasteiger partial charge on any atom is -0.390 e. The number of hydrogen-bond acceptors (Lipinski definition) is 9. The van der Waals surface area contributed by atoms with Gasteiger partial charge in [-0.2, -0.15) is 0 Å².